The summed E-state index contributed by atoms with van der Waals surface area (Å²) in [6, 6.07) is 23.4. The number of primary amides is 1. The Hall–Kier alpha value is -7.23. The van der Waals surface area contributed by atoms with E-state index in [0.717, 1.165) is 17.5 Å². The molecule has 1 saturated heterocycles. The fourth-order valence-corrected chi connectivity index (χ4v) is 6.93. The molecule has 6 aromatic rings. The number of methoxy groups -OCH3 is 1. The van der Waals surface area contributed by atoms with Crippen LogP contribution >= 0.6 is 0 Å². The fraction of sp³-hybridized carbons (Fsp3) is 0.244. The SMILES string of the molecule is COC(=O)N[C@@H](C(=O)N[C@@H](C)c1ncc(-c2cccc(-c3cnc(-c4cnc([C@@H]5CCCN5C(=O)[C@](C)(OC(N)=O)c5ccccc5)[nH]4)o3)c2)[nH]1)c1ccccc1. The minimum atomic E-state index is -1.63. The van der Waals surface area contributed by atoms with Crippen molar-refractivity contribution in [1.29, 1.82) is 0 Å². The number of imidazole rings is 2. The maximum absolute atomic E-state index is 14.0. The van der Waals surface area contributed by atoms with Crippen molar-refractivity contribution in [3.8, 4) is 34.2 Å². The fourth-order valence-electron chi connectivity index (χ4n) is 6.93. The lowest BCUT2D eigenvalue weighted by molar-refractivity contribution is -0.151. The second kappa shape index (κ2) is 16.2. The lowest BCUT2D eigenvalue weighted by Gasteiger charge is -2.34. The van der Waals surface area contributed by atoms with Crippen molar-refractivity contribution in [3.63, 3.8) is 0 Å². The lowest BCUT2D eigenvalue weighted by atomic mass is 9.93. The number of benzene rings is 3. The number of amides is 4. The molecule has 3 aromatic carbocycles. The summed E-state index contributed by atoms with van der Waals surface area (Å²) in [5, 5.41) is 5.50. The highest BCUT2D eigenvalue weighted by Gasteiger charge is 2.46. The van der Waals surface area contributed by atoms with Crippen LogP contribution in [-0.4, -0.2) is 67.5 Å². The van der Waals surface area contributed by atoms with E-state index in [1.54, 1.807) is 85.9 Å². The Morgan fingerprint density at radius 1 is 0.895 bits per heavy atom. The van der Waals surface area contributed by atoms with Gasteiger partial charge in [0, 0.05) is 23.2 Å². The summed E-state index contributed by atoms with van der Waals surface area (Å²) in [6.07, 6.45) is 4.49. The molecule has 7 rings (SSSR count). The molecule has 3 aromatic heterocycles. The Morgan fingerprint density at radius 2 is 1.61 bits per heavy atom. The van der Waals surface area contributed by atoms with Crippen molar-refractivity contribution in [3.05, 3.63) is 126 Å². The molecular formula is C41H41N9O7. The van der Waals surface area contributed by atoms with Crippen molar-refractivity contribution in [2.75, 3.05) is 13.7 Å². The van der Waals surface area contributed by atoms with E-state index in [1.807, 2.05) is 36.4 Å². The number of H-pyrrole nitrogens is 2. The van der Waals surface area contributed by atoms with Crippen LogP contribution < -0.4 is 16.4 Å². The average molecular weight is 772 g/mol. The number of aromatic nitrogens is 5. The third-order valence-corrected chi connectivity index (χ3v) is 9.86. The molecule has 1 fully saturated rings. The van der Waals surface area contributed by atoms with E-state index in [2.05, 4.69) is 35.6 Å². The number of oxazole rings is 1. The topological polar surface area (TPSA) is 223 Å². The first kappa shape index (κ1) is 38.1. The molecule has 16 nitrogen and oxygen atoms in total. The van der Waals surface area contributed by atoms with Gasteiger partial charge in [-0.05, 0) is 38.3 Å². The molecule has 1 aliphatic rings. The first-order valence-electron chi connectivity index (χ1n) is 18.3. The van der Waals surface area contributed by atoms with Crippen molar-refractivity contribution in [1.82, 2.24) is 40.5 Å². The van der Waals surface area contributed by atoms with Crippen LogP contribution in [0.25, 0.3) is 34.2 Å². The zero-order chi connectivity index (χ0) is 40.1. The van der Waals surface area contributed by atoms with Gasteiger partial charge in [-0.2, -0.15) is 0 Å². The van der Waals surface area contributed by atoms with Gasteiger partial charge in [-0.3, -0.25) is 9.59 Å². The number of hydrogen-bond acceptors (Lipinski definition) is 10. The zero-order valence-electron chi connectivity index (χ0n) is 31.4. The van der Waals surface area contributed by atoms with Crippen LogP contribution in [0.1, 0.15) is 67.6 Å². The van der Waals surface area contributed by atoms with E-state index in [1.165, 1.54) is 7.11 Å². The van der Waals surface area contributed by atoms with Crippen LogP contribution in [0.3, 0.4) is 0 Å². The van der Waals surface area contributed by atoms with Gasteiger partial charge in [0.1, 0.15) is 23.4 Å². The Kier molecular flexibility index (Phi) is 10.8. The minimum Gasteiger partial charge on any atom is -0.453 e. The van der Waals surface area contributed by atoms with E-state index in [9.17, 15) is 19.2 Å². The highest BCUT2D eigenvalue weighted by atomic mass is 16.6. The number of ether oxygens (including phenoxy) is 2. The normalized spacial score (nSPS) is 15.9. The largest absolute Gasteiger partial charge is 0.453 e. The highest BCUT2D eigenvalue weighted by Crippen LogP contribution is 2.38. The molecule has 0 spiro atoms. The van der Waals surface area contributed by atoms with Crippen molar-refractivity contribution in [2.45, 2.75) is 50.4 Å². The Bertz CT molecular complexity index is 2380. The molecule has 0 unspecified atom stereocenters. The van der Waals surface area contributed by atoms with Gasteiger partial charge < -0.3 is 45.1 Å². The van der Waals surface area contributed by atoms with Gasteiger partial charge in [0.25, 0.3) is 5.91 Å². The van der Waals surface area contributed by atoms with Crippen LogP contribution in [-0.2, 0) is 24.7 Å². The highest BCUT2D eigenvalue weighted by molar-refractivity contribution is 5.89. The van der Waals surface area contributed by atoms with Gasteiger partial charge >= 0.3 is 12.2 Å². The third-order valence-electron chi connectivity index (χ3n) is 9.86. The maximum atomic E-state index is 14.0. The van der Waals surface area contributed by atoms with Crippen molar-refractivity contribution in [2.24, 2.45) is 5.73 Å². The minimum absolute atomic E-state index is 0.306. The number of carbonyl (C=O) groups is 4. The van der Waals surface area contributed by atoms with E-state index >= 15 is 0 Å². The molecule has 0 bridgehead atoms. The number of nitrogens with zero attached hydrogens (tertiary/aromatic N) is 4. The van der Waals surface area contributed by atoms with Gasteiger partial charge in [-0.1, -0.05) is 78.9 Å². The summed E-state index contributed by atoms with van der Waals surface area (Å²) in [4.78, 5) is 73.1. The number of aromatic amines is 2. The molecular weight excluding hydrogens is 731 g/mol. The number of nitrogens with two attached hydrogens (primary N) is 1. The smallest absolute Gasteiger partial charge is 0.407 e. The molecule has 4 heterocycles. The number of nitrogens with one attached hydrogen (secondary N) is 4. The number of alkyl carbamates (subject to hydrolysis) is 1. The molecule has 4 atom stereocenters. The monoisotopic (exact) mass is 771 g/mol. The summed E-state index contributed by atoms with van der Waals surface area (Å²) >= 11 is 0. The van der Waals surface area contributed by atoms with Gasteiger partial charge in [-0.25, -0.2) is 24.5 Å². The van der Waals surface area contributed by atoms with E-state index < -0.39 is 47.7 Å². The Labute approximate surface area is 327 Å². The first-order chi connectivity index (χ1) is 27.5. The molecule has 1 aliphatic heterocycles. The van der Waals surface area contributed by atoms with E-state index in [0.29, 0.717) is 58.8 Å². The quantitative estimate of drug-likeness (QED) is 0.0966. The predicted molar refractivity (Wildman–Crippen MR) is 207 cm³/mol. The predicted octanol–water partition coefficient (Wildman–Crippen LogP) is 6.07. The molecule has 0 saturated carbocycles. The summed E-state index contributed by atoms with van der Waals surface area (Å²) in [5.41, 5.74) is 7.69. The molecule has 0 aliphatic carbocycles. The summed E-state index contributed by atoms with van der Waals surface area (Å²) < 4.78 is 16.4. The molecule has 6 N–H and O–H groups in total. The van der Waals surface area contributed by atoms with Crippen LogP contribution in [0.4, 0.5) is 9.59 Å². The van der Waals surface area contributed by atoms with Gasteiger partial charge in [0.2, 0.25) is 17.4 Å². The second-order valence-electron chi connectivity index (χ2n) is 13.7. The number of likely N-dealkylation sites (tertiary alicyclic amines) is 1. The van der Waals surface area contributed by atoms with Gasteiger partial charge in [-0.15, -0.1) is 0 Å². The molecule has 57 heavy (non-hydrogen) atoms. The molecule has 0 radical (unpaired) electrons. The van der Waals surface area contributed by atoms with Gasteiger partial charge in [0.15, 0.2) is 5.76 Å². The first-order valence-corrected chi connectivity index (χ1v) is 18.3. The standard InChI is InChI=1S/C41H41N9O7/c1-24(46-36(51)33(49-40(54)55-3)25-12-6-4-7-13-25)34-43-21-29(47-34)26-14-10-15-27(20-26)32-23-45-37(56-32)30-22-44-35(48-30)31-18-11-19-50(31)38(52)41(2,57-39(42)53)28-16-8-5-9-17-28/h4-10,12-17,20-24,31,33H,11,18-19H2,1-3H3,(H2,42,53)(H,43,47)(H,44,48)(H,46,51)(H,49,54)/t24-,31-,33+,41+/m0/s1. The average Bonchev–Trinajstić information content (AvgIpc) is 4.07. The van der Waals surface area contributed by atoms with Crippen molar-refractivity contribution < 1.29 is 33.1 Å². The molecule has 292 valence electrons. The lowest BCUT2D eigenvalue weighted by Crippen LogP contribution is -2.48. The molecule has 4 amide bonds. The summed E-state index contributed by atoms with van der Waals surface area (Å²) in [7, 11) is 1.24. The van der Waals surface area contributed by atoms with Crippen LogP contribution in [0.5, 0.6) is 0 Å². The zero-order valence-corrected chi connectivity index (χ0v) is 31.4. The second-order valence-corrected chi connectivity index (χ2v) is 13.7. The van der Waals surface area contributed by atoms with Crippen molar-refractivity contribution >= 4 is 24.0 Å². The van der Waals surface area contributed by atoms with Crippen LogP contribution in [0, 0.1) is 0 Å². The molecule has 16 heteroatoms. The third kappa shape index (κ3) is 8.10. The number of rotatable bonds is 12. The Balaban J connectivity index is 1.04. The summed E-state index contributed by atoms with van der Waals surface area (Å²) in [6.45, 7) is 3.78. The van der Waals surface area contributed by atoms with E-state index in [-0.39, 0.29) is 0 Å². The van der Waals surface area contributed by atoms with Crippen LogP contribution in [0.15, 0.2) is 108 Å². The maximum Gasteiger partial charge on any atom is 0.407 e. The Morgan fingerprint density at radius 3 is 2.35 bits per heavy atom. The number of hydrogen-bond donors (Lipinski definition) is 5. The van der Waals surface area contributed by atoms with E-state index in [4.69, 9.17) is 19.6 Å². The number of carbonyl (C=O) groups excluding carboxylic acids is 4. The van der Waals surface area contributed by atoms with Gasteiger partial charge in [0.05, 0.1) is 43.5 Å². The van der Waals surface area contributed by atoms with Crippen LogP contribution in [0.2, 0.25) is 0 Å². The summed E-state index contributed by atoms with van der Waals surface area (Å²) in [5.74, 6) is 1.04.